The Balaban J connectivity index is 1.13. The zero-order valence-electron chi connectivity index (χ0n) is 15.7. The molecule has 0 aromatic carbocycles. The van der Waals surface area contributed by atoms with Gasteiger partial charge in [-0.25, -0.2) is 9.97 Å². The fraction of sp³-hybridized carbons (Fsp3) is 0.750. The number of carbonyl (C=O) groups is 1. The van der Waals surface area contributed by atoms with Crippen LogP contribution in [0.4, 0.5) is 5.82 Å². The lowest BCUT2D eigenvalue weighted by atomic mass is 9.80. The Morgan fingerprint density at radius 3 is 2.65 bits per heavy atom. The molecule has 3 saturated carbocycles. The summed E-state index contributed by atoms with van der Waals surface area (Å²) in [5.74, 6) is 4.04. The number of anilines is 1. The molecule has 6 nitrogen and oxygen atoms in total. The molecule has 142 valence electrons. The maximum atomic E-state index is 11.8. The van der Waals surface area contributed by atoms with Crippen molar-refractivity contribution in [2.45, 2.75) is 57.9 Å². The van der Waals surface area contributed by atoms with Gasteiger partial charge in [-0.1, -0.05) is 0 Å². The van der Waals surface area contributed by atoms with E-state index in [4.69, 9.17) is 4.74 Å². The van der Waals surface area contributed by atoms with Gasteiger partial charge in [0.25, 0.3) is 0 Å². The van der Waals surface area contributed by atoms with Crippen LogP contribution in [0.25, 0.3) is 0 Å². The Labute approximate surface area is 155 Å². The second-order valence-corrected chi connectivity index (χ2v) is 8.40. The van der Waals surface area contributed by atoms with Crippen LogP contribution >= 0.6 is 0 Å². The quantitative estimate of drug-likeness (QED) is 0.672. The van der Waals surface area contributed by atoms with Crippen LogP contribution < -0.4 is 10.6 Å². The minimum absolute atomic E-state index is 0.0261. The van der Waals surface area contributed by atoms with E-state index in [-0.39, 0.29) is 12.5 Å². The van der Waals surface area contributed by atoms with Gasteiger partial charge in [0.15, 0.2) is 0 Å². The summed E-state index contributed by atoms with van der Waals surface area (Å²) in [7, 11) is 0. The number of aryl methyl sites for hydroxylation is 1. The number of aromatic nitrogens is 2. The van der Waals surface area contributed by atoms with Crippen LogP contribution in [-0.2, 0) is 16.0 Å². The SMILES string of the molecule is Cc1cc(NCC2CC(NC(=O)COCC3CC3)C2)nc(CC2CC2)n1. The second kappa shape index (κ2) is 7.91. The fourth-order valence-electron chi connectivity index (χ4n) is 3.53. The molecule has 0 unspecified atom stereocenters. The summed E-state index contributed by atoms with van der Waals surface area (Å²) in [6.45, 7) is 3.89. The predicted molar refractivity (Wildman–Crippen MR) is 99.9 cm³/mol. The van der Waals surface area contributed by atoms with Crippen molar-refractivity contribution < 1.29 is 9.53 Å². The molecule has 0 atom stereocenters. The monoisotopic (exact) mass is 358 g/mol. The van der Waals surface area contributed by atoms with Gasteiger partial charge in [0.1, 0.15) is 18.2 Å². The lowest BCUT2D eigenvalue weighted by Crippen LogP contribution is -2.47. The van der Waals surface area contributed by atoms with E-state index in [0.717, 1.165) is 55.7 Å². The molecular weight excluding hydrogens is 328 g/mol. The van der Waals surface area contributed by atoms with Crippen LogP contribution in [0.2, 0.25) is 0 Å². The van der Waals surface area contributed by atoms with Gasteiger partial charge in [0.2, 0.25) is 5.91 Å². The highest BCUT2D eigenvalue weighted by Gasteiger charge is 2.30. The topological polar surface area (TPSA) is 76.1 Å². The normalized spacial score (nSPS) is 24.8. The van der Waals surface area contributed by atoms with E-state index < -0.39 is 0 Å². The van der Waals surface area contributed by atoms with E-state index in [1.165, 1.54) is 25.7 Å². The van der Waals surface area contributed by atoms with Crippen LogP contribution in [0.5, 0.6) is 0 Å². The third-order valence-corrected chi connectivity index (χ3v) is 5.53. The molecule has 1 aromatic heterocycles. The van der Waals surface area contributed by atoms with Gasteiger partial charge in [-0.3, -0.25) is 4.79 Å². The first-order valence-corrected chi connectivity index (χ1v) is 10.1. The van der Waals surface area contributed by atoms with Gasteiger partial charge in [0.05, 0.1) is 6.61 Å². The highest BCUT2D eigenvalue weighted by Crippen LogP contribution is 2.32. The number of amides is 1. The van der Waals surface area contributed by atoms with Crippen molar-refractivity contribution in [1.29, 1.82) is 0 Å². The van der Waals surface area contributed by atoms with E-state index in [9.17, 15) is 4.79 Å². The van der Waals surface area contributed by atoms with E-state index in [1.807, 2.05) is 13.0 Å². The first-order chi connectivity index (χ1) is 12.6. The first kappa shape index (κ1) is 17.7. The van der Waals surface area contributed by atoms with E-state index in [0.29, 0.717) is 17.9 Å². The summed E-state index contributed by atoms with van der Waals surface area (Å²) < 4.78 is 5.44. The van der Waals surface area contributed by atoms with E-state index in [2.05, 4.69) is 20.6 Å². The van der Waals surface area contributed by atoms with Crippen molar-refractivity contribution >= 4 is 11.7 Å². The van der Waals surface area contributed by atoms with Crippen molar-refractivity contribution in [2.75, 3.05) is 25.1 Å². The Morgan fingerprint density at radius 2 is 1.92 bits per heavy atom. The molecule has 26 heavy (non-hydrogen) atoms. The summed E-state index contributed by atoms with van der Waals surface area (Å²) in [5, 5.41) is 6.53. The third kappa shape index (κ3) is 5.40. The molecule has 3 aliphatic carbocycles. The predicted octanol–water partition coefficient (Wildman–Crippen LogP) is 2.47. The van der Waals surface area contributed by atoms with Crippen LogP contribution in [0, 0.1) is 24.7 Å². The molecule has 0 spiro atoms. The average molecular weight is 358 g/mol. The number of ether oxygens (including phenoxy) is 1. The van der Waals surface area contributed by atoms with Crippen molar-refractivity contribution in [3.63, 3.8) is 0 Å². The van der Waals surface area contributed by atoms with E-state index >= 15 is 0 Å². The van der Waals surface area contributed by atoms with Gasteiger partial charge >= 0.3 is 0 Å². The smallest absolute Gasteiger partial charge is 0.246 e. The molecule has 6 heteroatoms. The zero-order valence-corrected chi connectivity index (χ0v) is 15.7. The lowest BCUT2D eigenvalue weighted by molar-refractivity contribution is -0.127. The molecule has 0 bridgehead atoms. The maximum Gasteiger partial charge on any atom is 0.246 e. The van der Waals surface area contributed by atoms with Crippen molar-refractivity contribution in [2.24, 2.45) is 17.8 Å². The van der Waals surface area contributed by atoms with Crippen LogP contribution in [0.1, 0.15) is 50.0 Å². The van der Waals surface area contributed by atoms with Crippen molar-refractivity contribution in [1.82, 2.24) is 15.3 Å². The number of hydrogen-bond donors (Lipinski definition) is 2. The second-order valence-electron chi connectivity index (χ2n) is 8.40. The van der Waals surface area contributed by atoms with Gasteiger partial charge in [-0.05, 0) is 63.2 Å². The molecule has 0 radical (unpaired) electrons. The van der Waals surface area contributed by atoms with Gasteiger partial charge in [-0.15, -0.1) is 0 Å². The molecule has 1 aromatic rings. The van der Waals surface area contributed by atoms with Gasteiger partial charge in [0, 0.05) is 30.8 Å². The highest BCUT2D eigenvalue weighted by molar-refractivity contribution is 5.77. The minimum atomic E-state index is 0.0261. The zero-order chi connectivity index (χ0) is 17.9. The third-order valence-electron chi connectivity index (χ3n) is 5.53. The molecule has 3 fully saturated rings. The molecule has 1 heterocycles. The Morgan fingerprint density at radius 1 is 1.15 bits per heavy atom. The number of carbonyl (C=O) groups excluding carboxylic acids is 1. The molecule has 3 aliphatic rings. The van der Waals surface area contributed by atoms with Crippen LogP contribution in [-0.4, -0.2) is 41.7 Å². The summed E-state index contributed by atoms with van der Waals surface area (Å²) in [5.41, 5.74) is 1.03. The summed E-state index contributed by atoms with van der Waals surface area (Å²) in [4.78, 5) is 21.0. The fourth-order valence-corrected chi connectivity index (χ4v) is 3.53. The Bertz CT molecular complexity index is 637. The summed E-state index contributed by atoms with van der Waals surface area (Å²) in [6, 6.07) is 2.32. The Hall–Kier alpha value is -1.69. The molecule has 1 amide bonds. The van der Waals surface area contributed by atoms with E-state index in [1.54, 1.807) is 0 Å². The van der Waals surface area contributed by atoms with Crippen LogP contribution in [0.3, 0.4) is 0 Å². The number of nitrogens with zero attached hydrogens (tertiary/aromatic N) is 2. The summed E-state index contributed by atoms with van der Waals surface area (Å²) in [6.07, 6.45) is 8.22. The summed E-state index contributed by atoms with van der Waals surface area (Å²) >= 11 is 0. The van der Waals surface area contributed by atoms with Gasteiger partial charge in [-0.2, -0.15) is 0 Å². The number of hydrogen-bond acceptors (Lipinski definition) is 5. The van der Waals surface area contributed by atoms with Crippen molar-refractivity contribution in [3.8, 4) is 0 Å². The number of nitrogens with one attached hydrogen (secondary N) is 2. The highest BCUT2D eigenvalue weighted by atomic mass is 16.5. The van der Waals surface area contributed by atoms with Gasteiger partial charge < -0.3 is 15.4 Å². The Kier molecular flexibility index (Phi) is 5.38. The number of rotatable bonds is 10. The van der Waals surface area contributed by atoms with Crippen LogP contribution in [0.15, 0.2) is 6.07 Å². The lowest BCUT2D eigenvalue weighted by Gasteiger charge is -2.36. The molecule has 0 saturated heterocycles. The minimum Gasteiger partial charge on any atom is -0.371 e. The molecule has 4 rings (SSSR count). The molecule has 0 aliphatic heterocycles. The average Bonchev–Trinajstić information content (AvgIpc) is 3.45. The standard InChI is InChI=1S/C20H30N4O2/c1-13-6-18(24-19(22-13)9-14-2-3-14)21-10-16-7-17(8-16)23-20(25)12-26-11-15-4-5-15/h6,14-17H,2-5,7-12H2,1H3,(H,23,25)(H,21,22,24). The first-order valence-electron chi connectivity index (χ1n) is 10.1. The maximum absolute atomic E-state index is 11.8. The van der Waals surface area contributed by atoms with Crippen molar-refractivity contribution in [3.05, 3.63) is 17.6 Å². The largest absolute Gasteiger partial charge is 0.371 e. The molecular formula is C20H30N4O2. The molecule has 2 N–H and O–H groups in total.